The van der Waals surface area contributed by atoms with Crippen molar-refractivity contribution in [2.24, 2.45) is 0 Å². The number of rotatable bonds is 6. The average Bonchev–Trinajstić information content (AvgIpc) is 2.35. The Morgan fingerprint density at radius 1 is 1.50 bits per heavy atom. The normalized spacial score (nSPS) is 12.0. The number of aromatic nitrogens is 1. The van der Waals surface area contributed by atoms with Gasteiger partial charge in [0.15, 0.2) is 0 Å². The van der Waals surface area contributed by atoms with Crippen LogP contribution in [0.4, 0.5) is 5.82 Å². The van der Waals surface area contributed by atoms with Crippen LogP contribution in [0.15, 0.2) is 12.1 Å². The van der Waals surface area contributed by atoms with Gasteiger partial charge in [0.1, 0.15) is 5.82 Å². The van der Waals surface area contributed by atoms with Crippen LogP contribution in [0.5, 0.6) is 0 Å². The van der Waals surface area contributed by atoms with Gasteiger partial charge in [-0.2, -0.15) is 0 Å². The first-order valence-corrected chi connectivity index (χ1v) is 6.11. The van der Waals surface area contributed by atoms with Crippen molar-refractivity contribution in [1.29, 1.82) is 0 Å². The van der Waals surface area contributed by atoms with E-state index in [0.717, 1.165) is 5.69 Å². The standard InChI is InChI=1S/C13H21N3O2/c1-5-18-8-10(3)16-13(17)11-6-9(2)15-12(7-11)14-4/h6-7,10H,5,8H2,1-4H3,(H,14,15)(H,16,17). The van der Waals surface area contributed by atoms with E-state index in [-0.39, 0.29) is 11.9 Å². The highest BCUT2D eigenvalue weighted by molar-refractivity contribution is 5.95. The van der Waals surface area contributed by atoms with Crippen LogP contribution in [0.25, 0.3) is 0 Å². The molecular weight excluding hydrogens is 230 g/mol. The summed E-state index contributed by atoms with van der Waals surface area (Å²) in [5.41, 5.74) is 1.42. The fraction of sp³-hybridized carbons (Fsp3) is 0.538. The SMILES string of the molecule is CCOCC(C)NC(=O)c1cc(C)nc(NC)c1. The number of carbonyl (C=O) groups is 1. The molecule has 1 heterocycles. The van der Waals surface area contributed by atoms with Crippen molar-refractivity contribution in [3.05, 3.63) is 23.4 Å². The number of hydrogen-bond donors (Lipinski definition) is 2. The van der Waals surface area contributed by atoms with E-state index in [1.165, 1.54) is 0 Å². The minimum Gasteiger partial charge on any atom is -0.380 e. The average molecular weight is 251 g/mol. The Kier molecular flexibility index (Phi) is 5.58. The van der Waals surface area contributed by atoms with E-state index in [1.807, 2.05) is 20.8 Å². The van der Waals surface area contributed by atoms with Gasteiger partial charge < -0.3 is 15.4 Å². The largest absolute Gasteiger partial charge is 0.380 e. The Hall–Kier alpha value is -1.62. The minimum absolute atomic E-state index is 0.0102. The zero-order valence-electron chi connectivity index (χ0n) is 11.4. The van der Waals surface area contributed by atoms with Crippen molar-refractivity contribution < 1.29 is 9.53 Å². The molecular formula is C13H21N3O2. The van der Waals surface area contributed by atoms with Crippen molar-refractivity contribution in [3.8, 4) is 0 Å². The Labute approximate surface area is 108 Å². The lowest BCUT2D eigenvalue weighted by Gasteiger charge is -2.14. The topological polar surface area (TPSA) is 63.2 Å². The van der Waals surface area contributed by atoms with Crippen LogP contribution in [-0.2, 0) is 4.74 Å². The van der Waals surface area contributed by atoms with E-state index in [1.54, 1.807) is 19.2 Å². The van der Waals surface area contributed by atoms with Gasteiger partial charge in [-0.1, -0.05) is 0 Å². The molecule has 0 aromatic carbocycles. The van der Waals surface area contributed by atoms with Crippen molar-refractivity contribution in [1.82, 2.24) is 10.3 Å². The third kappa shape index (κ3) is 4.33. The molecule has 1 amide bonds. The Bertz CT molecular complexity index is 407. The van der Waals surface area contributed by atoms with Gasteiger partial charge in [0.05, 0.1) is 6.61 Å². The molecule has 1 aromatic heterocycles. The third-order valence-electron chi connectivity index (χ3n) is 2.42. The summed E-state index contributed by atoms with van der Waals surface area (Å²) < 4.78 is 5.26. The number of carbonyl (C=O) groups excluding carboxylic acids is 1. The number of aryl methyl sites for hydroxylation is 1. The lowest BCUT2D eigenvalue weighted by Crippen LogP contribution is -2.36. The number of hydrogen-bond acceptors (Lipinski definition) is 4. The number of ether oxygens (including phenoxy) is 1. The van der Waals surface area contributed by atoms with E-state index >= 15 is 0 Å². The third-order valence-corrected chi connectivity index (χ3v) is 2.42. The summed E-state index contributed by atoms with van der Waals surface area (Å²) >= 11 is 0. The molecule has 1 atom stereocenters. The first-order chi connectivity index (χ1) is 8.56. The molecule has 5 heteroatoms. The van der Waals surface area contributed by atoms with E-state index in [9.17, 15) is 4.79 Å². The van der Waals surface area contributed by atoms with Gasteiger partial charge in [0.2, 0.25) is 0 Å². The molecule has 1 unspecified atom stereocenters. The monoisotopic (exact) mass is 251 g/mol. The number of nitrogens with one attached hydrogen (secondary N) is 2. The second kappa shape index (κ2) is 6.96. The molecule has 0 aliphatic rings. The van der Waals surface area contributed by atoms with E-state index in [2.05, 4.69) is 15.6 Å². The molecule has 0 saturated carbocycles. The summed E-state index contributed by atoms with van der Waals surface area (Å²) in [6, 6.07) is 3.49. The number of pyridine rings is 1. The number of anilines is 1. The summed E-state index contributed by atoms with van der Waals surface area (Å²) in [5, 5.41) is 5.82. The summed E-state index contributed by atoms with van der Waals surface area (Å²) in [6.45, 7) is 6.88. The van der Waals surface area contributed by atoms with Crippen molar-refractivity contribution in [2.75, 3.05) is 25.6 Å². The van der Waals surface area contributed by atoms with Crippen LogP contribution in [0.2, 0.25) is 0 Å². The molecule has 5 nitrogen and oxygen atoms in total. The van der Waals surface area contributed by atoms with E-state index < -0.39 is 0 Å². The minimum atomic E-state index is -0.107. The van der Waals surface area contributed by atoms with E-state index in [0.29, 0.717) is 24.6 Å². The van der Waals surface area contributed by atoms with Gasteiger partial charge in [-0.15, -0.1) is 0 Å². The quantitative estimate of drug-likeness (QED) is 0.806. The molecule has 0 aliphatic carbocycles. The Balaban J connectivity index is 2.68. The molecule has 2 N–H and O–H groups in total. The summed E-state index contributed by atoms with van der Waals surface area (Å²) in [4.78, 5) is 16.3. The molecule has 0 aliphatic heterocycles. The van der Waals surface area contributed by atoms with Crippen LogP contribution in [0.3, 0.4) is 0 Å². The molecule has 0 fully saturated rings. The zero-order valence-corrected chi connectivity index (χ0v) is 11.4. The zero-order chi connectivity index (χ0) is 13.5. The van der Waals surface area contributed by atoms with Crippen LogP contribution < -0.4 is 10.6 Å². The molecule has 0 radical (unpaired) electrons. The molecule has 100 valence electrons. The summed E-state index contributed by atoms with van der Waals surface area (Å²) in [6.07, 6.45) is 0. The first-order valence-electron chi connectivity index (χ1n) is 6.11. The fourth-order valence-corrected chi connectivity index (χ4v) is 1.57. The van der Waals surface area contributed by atoms with Crippen molar-refractivity contribution in [2.45, 2.75) is 26.8 Å². The Morgan fingerprint density at radius 3 is 2.83 bits per heavy atom. The highest BCUT2D eigenvalue weighted by atomic mass is 16.5. The van der Waals surface area contributed by atoms with Gasteiger partial charge in [0.25, 0.3) is 5.91 Å². The maximum atomic E-state index is 12.0. The molecule has 0 bridgehead atoms. The molecule has 0 saturated heterocycles. The van der Waals surface area contributed by atoms with Crippen molar-refractivity contribution in [3.63, 3.8) is 0 Å². The summed E-state index contributed by atoms with van der Waals surface area (Å²) in [5.74, 6) is 0.585. The number of amides is 1. The van der Waals surface area contributed by atoms with Gasteiger partial charge in [-0.3, -0.25) is 4.79 Å². The maximum absolute atomic E-state index is 12.0. The maximum Gasteiger partial charge on any atom is 0.251 e. The second-order valence-corrected chi connectivity index (χ2v) is 4.17. The van der Waals surface area contributed by atoms with Crippen LogP contribution in [-0.4, -0.2) is 37.2 Å². The number of nitrogens with zero attached hydrogens (tertiary/aromatic N) is 1. The lowest BCUT2D eigenvalue weighted by atomic mass is 10.2. The van der Waals surface area contributed by atoms with Gasteiger partial charge in [-0.25, -0.2) is 4.98 Å². The predicted octanol–water partition coefficient (Wildman–Crippen LogP) is 1.59. The molecule has 1 aromatic rings. The lowest BCUT2D eigenvalue weighted by molar-refractivity contribution is 0.0872. The van der Waals surface area contributed by atoms with E-state index in [4.69, 9.17) is 4.74 Å². The molecule has 0 spiro atoms. The fourth-order valence-electron chi connectivity index (χ4n) is 1.57. The van der Waals surface area contributed by atoms with Crippen LogP contribution >= 0.6 is 0 Å². The predicted molar refractivity (Wildman–Crippen MR) is 71.9 cm³/mol. The Morgan fingerprint density at radius 2 is 2.22 bits per heavy atom. The van der Waals surface area contributed by atoms with Gasteiger partial charge in [0, 0.05) is 31.0 Å². The highest BCUT2D eigenvalue weighted by Gasteiger charge is 2.11. The molecule has 1 rings (SSSR count). The smallest absolute Gasteiger partial charge is 0.251 e. The highest BCUT2D eigenvalue weighted by Crippen LogP contribution is 2.09. The second-order valence-electron chi connectivity index (χ2n) is 4.17. The van der Waals surface area contributed by atoms with Crippen molar-refractivity contribution >= 4 is 11.7 Å². The molecule has 18 heavy (non-hydrogen) atoms. The van der Waals surface area contributed by atoms with Crippen LogP contribution in [0.1, 0.15) is 29.9 Å². The van der Waals surface area contributed by atoms with Crippen LogP contribution in [0, 0.1) is 6.92 Å². The van der Waals surface area contributed by atoms with Gasteiger partial charge in [-0.05, 0) is 32.9 Å². The first kappa shape index (κ1) is 14.4. The summed E-state index contributed by atoms with van der Waals surface area (Å²) in [7, 11) is 1.78. The van der Waals surface area contributed by atoms with Gasteiger partial charge >= 0.3 is 0 Å².